The van der Waals surface area contributed by atoms with Gasteiger partial charge in [0.15, 0.2) is 28.5 Å². The summed E-state index contributed by atoms with van der Waals surface area (Å²) in [5.74, 6) is -8.92. The lowest BCUT2D eigenvalue weighted by Crippen LogP contribution is -2.40. The predicted molar refractivity (Wildman–Crippen MR) is 471 cm³/mol. The van der Waals surface area contributed by atoms with Crippen LogP contribution in [0.15, 0.2) is 184 Å². The zero-order valence-corrected chi connectivity index (χ0v) is 76.7. The van der Waals surface area contributed by atoms with Crippen LogP contribution in [0.2, 0.25) is 5.35 Å². The van der Waals surface area contributed by atoms with Crippen LogP contribution in [0, 0.1) is 55.7 Å². The van der Waals surface area contributed by atoms with Crippen molar-refractivity contribution in [3.8, 4) is 46.7 Å². The number of ketones is 1. The molecule has 7 atom stereocenters. The molecular weight excluding hydrogens is 1940 g/mol. The Kier molecular flexibility index (Phi) is 32.8. The smallest absolute Gasteiger partial charge is 0.421 e. The van der Waals surface area contributed by atoms with Crippen molar-refractivity contribution in [2.24, 2.45) is 0 Å². The van der Waals surface area contributed by atoms with Crippen LogP contribution >= 0.6 is 11.6 Å². The van der Waals surface area contributed by atoms with Gasteiger partial charge in [0, 0.05) is 45.4 Å². The maximum Gasteiger partial charge on any atom is 0.421 e. The number of oxazole rings is 3. The molecule has 6 N–H and O–H groups in total. The number of alkyl halides is 15. The number of nitrogens with one attached hydrogen (secondary N) is 3. The summed E-state index contributed by atoms with van der Waals surface area (Å²) in [5.41, 5.74) is 1.32. The van der Waals surface area contributed by atoms with E-state index in [0.717, 1.165) is 72.4 Å². The number of carbonyl (C=O) groups excluding carboxylic acids is 4. The second kappa shape index (κ2) is 43.6. The van der Waals surface area contributed by atoms with E-state index in [-0.39, 0.29) is 170 Å². The molecule has 6 aliphatic carbocycles. The molecule has 18 rings (SSSR count). The number of hydrogen-bond acceptors (Lipinski definition) is 17. The van der Waals surface area contributed by atoms with E-state index in [4.69, 9.17) is 43.8 Å². The van der Waals surface area contributed by atoms with Gasteiger partial charge in [0.1, 0.15) is 88.2 Å². The van der Waals surface area contributed by atoms with E-state index in [9.17, 15) is 127 Å². The summed E-state index contributed by atoms with van der Waals surface area (Å²) in [6.07, 6.45) is -16.2. The number of phenols is 2. The monoisotopic (exact) mass is 2030 g/mol. The van der Waals surface area contributed by atoms with Crippen LogP contribution < -0.4 is 34.9 Å². The van der Waals surface area contributed by atoms with Gasteiger partial charge in [0.05, 0.1) is 55.7 Å². The number of allylic oxidation sites excluding steroid dienone is 2. The Hall–Kier alpha value is -14.0. The van der Waals surface area contributed by atoms with Crippen LogP contribution in [-0.4, -0.2) is 98.9 Å². The maximum absolute atomic E-state index is 13.8. The molecule has 0 spiro atoms. The standard InChI is InChI=1S/2C23H19F5N2O3.C13H11ClF2N2O2.C11H11F3O2.C10H9F3O.C10H7F3O.C10H10O2/c2*1-11-17(24)8-13(9-18(11)25)12(2)29-21(31)19-10-32-22(30-19)33-20-5-3-4-14-15(20)6-7-16(14)23(26,27)28;1-6-9(15)3-8(4-10(6)16)7(2)17-12(19)11-5-20-13(14)18-11;1-16-9-4-2-3-8-7(9)5-6-10(8,15)11(12,13)14;2*11-10(12,13)8-5-4-7-6(8)2-1-3-9(7)14;1-12-10-4-2-3-7-8(10)5-6-9(7)11/h2*3-5,8-10,12,16H,6-7H2,1-2H3,(H,29,31);3-5,7H,1-2H3,(H,17,19);2-4,15H,5-6H2,1H3;1-3,8,14H,4-5H2;1-3,5,14H,4H2;2-4H,5-6H2,1H3/t2*12-,16?;7-;;;;/m111..../s1. The zero-order chi connectivity index (χ0) is 104. The minimum Gasteiger partial charge on any atom is -0.508 e. The number of rotatable bonds is 15. The number of aromatic nitrogens is 3. The molecule has 3 aromatic heterocycles. The maximum atomic E-state index is 13.8. The zero-order valence-electron chi connectivity index (χ0n) is 75.9. The van der Waals surface area contributed by atoms with Crippen molar-refractivity contribution < 1.29 is 159 Å². The number of aliphatic hydroxyl groups is 1. The molecule has 9 aromatic carbocycles. The fraction of sp³-hybridized carbons (Fsp3) is 0.310. The molecule has 0 radical (unpaired) electrons. The number of methoxy groups -OCH3 is 2. The number of phenolic OH excluding ortho intramolecular Hbond substituents is 2. The lowest BCUT2D eigenvalue weighted by Gasteiger charge is -2.26. The first-order chi connectivity index (χ1) is 66.7. The predicted octanol–water partition coefficient (Wildman–Crippen LogP) is 25.8. The van der Waals surface area contributed by atoms with Gasteiger partial charge in [-0.1, -0.05) is 78.9 Å². The van der Waals surface area contributed by atoms with Gasteiger partial charge in [-0.2, -0.15) is 80.8 Å². The molecule has 142 heavy (non-hydrogen) atoms. The molecule has 3 heterocycles. The molecule has 4 unspecified atom stereocenters. The van der Waals surface area contributed by atoms with E-state index >= 15 is 0 Å². The van der Waals surface area contributed by atoms with Crippen molar-refractivity contribution in [1.82, 2.24) is 30.9 Å². The van der Waals surface area contributed by atoms with Crippen LogP contribution in [-0.2, 0) is 44.1 Å². The minimum atomic E-state index is -4.65. The number of fused-ring (bicyclic) bond motifs is 6. The van der Waals surface area contributed by atoms with Gasteiger partial charge in [-0.3, -0.25) is 19.2 Å². The molecule has 0 saturated heterocycles. The summed E-state index contributed by atoms with van der Waals surface area (Å²) >= 11 is 5.46. The largest absolute Gasteiger partial charge is 0.508 e. The van der Waals surface area contributed by atoms with Gasteiger partial charge in [-0.25, -0.2) is 26.3 Å². The third-order valence-electron chi connectivity index (χ3n) is 24.4. The Balaban J connectivity index is 0.000000153. The van der Waals surface area contributed by atoms with Crippen LogP contribution in [0.3, 0.4) is 0 Å². The molecule has 0 bridgehead atoms. The van der Waals surface area contributed by atoms with Gasteiger partial charge in [0.25, 0.3) is 23.1 Å². The number of aromatic hydroxyl groups is 2. The average Bonchev–Trinajstić information content (AvgIpc) is 1.59. The Morgan fingerprint density at radius 2 is 0.789 bits per heavy atom. The van der Waals surface area contributed by atoms with Gasteiger partial charge in [0.2, 0.25) is 0 Å². The lowest BCUT2D eigenvalue weighted by molar-refractivity contribution is -0.265. The van der Waals surface area contributed by atoms with Crippen LogP contribution in [0.5, 0.6) is 46.7 Å². The van der Waals surface area contributed by atoms with Crippen LogP contribution in [0.4, 0.5) is 92.2 Å². The Morgan fingerprint density at radius 3 is 1.18 bits per heavy atom. The number of Topliss-reactive ketones (excluding diaryl/α,β-unsaturated/α-hetero) is 1. The van der Waals surface area contributed by atoms with Gasteiger partial charge < -0.3 is 63.5 Å². The van der Waals surface area contributed by atoms with Crippen molar-refractivity contribution in [3.05, 3.63) is 328 Å². The first kappa shape index (κ1) is 107. The third kappa shape index (κ3) is 24.6. The SMILES string of the molecule is COc1cccc2c1CCC2(O)C(F)(F)F.COc1cccc2c1CCC2=O.Cc1c(F)cc([C@@H](C)NC(=O)c2coc(Cl)n2)cc1F.Cc1c(F)cc([C@@H](C)NC(=O)c2coc(Oc3cccc4c3CCC4C(F)(F)F)n2)cc1F.Cc1c(F)cc([C@@H](C)NC(=O)c2coc(Oc3cccc4c3CCC4C(F)(F)F)n2)cc1F.Oc1cccc2c1CC=C2C(F)(F)F.Oc1cccc2c1CCC2C(F)(F)F. The summed E-state index contributed by atoms with van der Waals surface area (Å²) in [6.45, 7) is 8.64. The normalized spacial score (nSPS) is 16.9. The highest BCUT2D eigenvalue weighted by Crippen LogP contribution is 2.53. The number of hydrogen-bond donors (Lipinski definition) is 6. The number of carbonyl (C=O) groups is 4. The summed E-state index contributed by atoms with van der Waals surface area (Å²) in [6, 6.07) is 32.1. The number of nitrogens with zero attached hydrogens (tertiary/aromatic N) is 3. The topological polar surface area (TPSA) is 280 Å². The Bertz CT molecular complexity index is 6420. The first-order valence-electron chi connectivity index (χ1n) is 43.3. The highest BCUT2D eigenvalue weighted by atomic mass is 35.5. The van der Waals surface area contributed by atoms with E-state index in [1.165, 1.54) is 125 Å². The van der Waals surface area contributed by atoms with Crippen molar-refractivity contribution in [2.75, 3.05) is 14.2 Å². The van der Waals surface area contributed by atoms with Crippen molar-refractivity contribution >= 4 is 40.7 Å². The highest BCUT2D eigenvalue weighted by molar-refractivity contribution is 6.27. The average molecular weight is 2030 g/mol. The number of amides is 3. The van der Waals surface area contributed by atoms with Gasteiger partial charge >= 0.3 is 43.0 Å². The second-order valence-electron chi connectivity index (χ2n) is 33.4. The second-order valence-corrected chi connectivity index (χ2v) is 33.7. The fourth-order valence-electron chi connectivity index (χ4n) is 16.7. The van der Waals surface area contributed by atoms with Gasteiger partial charge in [-0.15, -0.1) is 0 Å². The van der Waals surface area contributed by atoms with Crippen LogP contribution in [0.25, 0.3) is 5.57 Å². The Labute approximate surface area is 800 Å². The fourth-order valence-corrected chi connectivity index (χ4v) is 16.8. The molecule has 3 amide bonds. The summed E-state index contributed by atoms with van der Waals surface area (Å²) < 4.78 is 311. The summed E-state index contributed by atoms with van der Waals surface area (Å²) in [5, 5.41) is 35.9. The molecular formula is C100H86ClF21N6O14. The first-order valence-corrected chi connectivity index (χ1v) is 43.7. The lowest BCUT2D eigenvalue weighted by atomic mass is 9.95. The number of halogens is 22. The molecule has 6 aliphatic rings. The molecule has 0 saturated carbocycles. The highest BCUT2D eigenvalue weighted by Gasteiger charge is 2.58. The minimum absolute atomic E-state index is 0.00472. The molecule has 0 fully saturated rings. The van der Waals surface area contributed by atoms with E-state index in [2.05, 4.69) is 30.9 Å². The summed E-state index contributed by atoms with van der Waals surface area (Å²) in [4.78, 5) is 59.5. The molecule has 12 aromatic rings. The number of benzene rings is 9. The van der Waals surface area contributed by atoms with E-state index in [0.29, 0.717) is 52.0 Å². The van der Waals surface area contributed by atoms with Crippen LogP contribution in [0.1, 0.15) is 225 Å². The molecule has 0 aliphatic heterocycles. The summed E-state index contributed by atoms with van der Waals surface area (Å²) in [7, 11) is 3.04. The quantitative estimate of drug-likeness (QED) is 0.0520. The van der Waals surface area contributed by atoms with Crippen molar-refractivity contribution in [3.63, 3.8) is 0 Å². The Morgan fingerprint density at radius 1 is 0.437 bits per heavy atom. The third-order valence-corrected chi connectivity index (χ3v) is 24.6. The molecule has 754 valence electrons. The van der Waals surface area contributed by atoms with Crippen molar-refractivity contribution in [2.45, 2.75) is 185 Å². The molecule has 42 heteroatoms. The van der Waals surface area contributed by atoms with E-state index < -0.39 is 131 Å². The van der Waals surface area contributed by atoms with Crippen molar-refractivity contribution in [1.29, 1.82) is 0 Å². The van der Waals surface area contributed by atoms with E-state index in [1.54, 1.807) is 33.9 Å². The van der Waals surface area contributed by atoms with E-state index in [1.807, 2.05) is 18.2 Å². The van der Waals surface area contributed by atoms with Gasteiger partial charge in [-0.05, 0) is 251 Å². The molecule has 20 nitrogen and oxygen atoms in total. The number of ether oxygens (including phenoxy) is 4.